The summed E-state index contributed by atoms with van der Waals surface area (Å²) < 4.78 is 4.79. The maximum atomic E-state index is 11.6. The van der Waals surface area contributed by atoms with Crippen molar-refractivity contribution in [3.8, 4) is 0 Å². The zero-order valence-corrected chi connectivity index (χ0v) is 10.2. The van der Waals surface area contributed by atoms with Gasteiger partial charge < -0.3 is 10.1 Å². The average molecular weight is 247 g/mol. The van der Waals surface area contributed by atoms with Crippen LogP contribution in [0.25, 0.3) is 0 Å². The third kappa shape index (κ3) is 3.58. The summed E-state index contributed by atoms with van der Waals surface area (Å²) in [7, 11) is 0. The van der Waals surface area contributed by atoms with Crippen LogP contribution in [0.1, 0.15) is 24.8 Å². The number of benzene rings is 1. The Balaban J connectivity index is 1.67. The maximum absolute atomic E-state index is 11.6. The molecule has 1 aliphatic heterocycles. The maximum Gasteiger partial charge on any atom is 0.328 e. The molecule has 1 aromatic rings. The van der Waals surface area contributed by atoms with Gasteiger partial charge in [0, 0.05) is 12.8 Å². The highest BCUT2D eigenvalue weighted by atomic mass is 16.5. The molecule has 1 heterocycles. The van der Waals surface area contributed by atoms with Crippen LogP contribution < -0.4 is 5.32 Å². The molecule has 0 aromatic heterocycles. The zero-order chi connectivity index (χ0) is 12.8. The molecule has 4 nitrogen and oxygen atoms in total. The van der Waals surface area contributed by atoms with Crippen molar-refractivity contribution in [2.75, 3.05) is 6.61 Å². The molecular formula is C14H17NO3. The third-order valence-corrected chi connectivity index (χ3v) is 2.98. The second-order valence-electron chi connectivity index (χ2n) is 4.42. The number of aryl methyl sites for hydroxylation is 1. The monoisotopic (exact) mass is 247 g/mol. The number of nitrogens with one attached hydrogen (secondary N) is 1. The summed E-state index contributed by atoms with van der Waals surface area (Å²) >= 11 is 0. The van der Waals surface area contributed by atoms with E-state index >= 15 is 0 Å². The average Bonchev–Trinajstić information content (AvgIpc) is 2.76. The molecule has 0 aliphatic carbocycles. The van der Waals surface area contributed by atoms with Gasteiger partial charge in [-0.25, -0.2) is 4.79 Å². The predicted octanol–water partition coefficient (Wildman–Crippen LogP) is 1.44. The first-order valence-electron chi connectivity index (χ1n) is 6.25. The number of rotatable bonds is 5. The van der Waals surface area contributed by atoms with Crippen LogP contribution in [0.3, 0.4) is 0 Å². The topological polar surface area (TPSA) is 55.4 Å². The van der Waals surface area contributed by atoms with E-state index in [1.807, 2.05) is 30.3 Å². The van der Waals surface area contributed by atoms with Gasteiger partial charge in [-0.2, -0.15) is 0 Å². The van der Waals surface area contributed by atoms with Crippen LogP contribution >= 0.6 is 0 Å². The molecule has 0 radical (unpaired) electrons. The quantitative estimate of drug-likeness (QED) is 0.801. The molecule has 2 rings (SSSR count). The fraction of sp³-hybridized carbons (Fsp3) is 0.429. The fourth-order valence-corrected chi connectivity index (χ4v) is 1.99. The van der Waals surface area contributed by atoms with Crippen molar-refractivity contribution >= 4 is 11.9 Å². The van der Waals surface area contributed by atoms with Crippen LogP contribution in [0.5, 0.6) is 0 Å². The van der Waals surface area contributed by atoms with Crippen molar-refractivity contribution in [2.24, 2.45) is 0 Å². The first-order valence-corrected chi connectivity index (χ1v) is 6.25. The van der Waals surface area contributed by atoms with Crippen molar-refractivity contribution in [3.63, 3.8) is 0 Å². The van der Waals surface area contributed by atoms with Gasteiger partial charge in [-0.1, -0.05) is 30.3 Å². The highest BCUT2D eigenvalue weighted by Gasteiger charge is 2.27. The van der Waals surface area contributed by atoms with Gasteiger partial charge in [0.1, 0.15) is 6.04 Å². The number of hydrogen-bond donors (Lipinski definition) is 1. The zero-order valence-electron chi connectivity index (χ0n) is 10.2. The van der Waals surface area contributed by atoms with Crippen LogP contribution in [0.2, 0.25) is 0 Å². The molecule has 1 aliphatic rings. The van der Waals surface area contributed by atoms with Crippen LogP contribution in [-0.2, 0) is 20.7 Å². The molecule has 1 fully saturated rings. The Morgan fingerprint density at radius 1 is 1.33 bits per heavy atom. The highest BCUT2D eigenvalue weighted by Crippen LogP contribution is 2.07. The summed E-state index contributed by atoms with van der Waals surface area (Å²) in [4.78, 5) is 22.8. The summed E-state index contributed by atoms with van der Waals surface area (Å²) in [5.41, 5.74) is 1.23. The molecule has 0 saturated carbocycles. The lowest BCUT2D eigenvalue weighted by atomic mass is 10.1. The van der Waals surface area contributed by atoms with Gasteiger partial charge in [-0.3, -0.25) is 4.79 Å². The van der Waals surface area contributed by atoms with E-state index in [-0.39, 0.29) is 11.9 Å². The first-order chi connectivity index (χ1) is 8.75. The van der Waals surface area contributed by atoms with Crippen molar-refractivity contribution in [1.82, 2.24) is 5.32 Å². The first kappa shape index (κ1) is 12.6. The van der Waals surface area contributed by atoms with Gasteiger partial charge in [0.15, 0.2) is 0 Å². The second-order valence-corrected chi connectivity index (χ2v) is 4.42. The predicted molar refractivity (Wildman–Crippen MR) is 66.9 cm³/mol. The Morgan fingerprint density at radius 2 is 2.11 bits per heavy atom. The SMILES string of the molecule is O=C(CCCc1ccccc1)NC1CCOC1=O. The fourth-order valence-electron chi connectivity index (χ4n) is 1.99. The number of esters is 1. The number of carbonyl (C=O) groups excluding carboxylic acids is 2. The number of hydrogen-bond acceptors (Lipinski definition) is 3. The molecule has 1 saturated heterocycles. The molecule has 4 heteroatoms. The van der Waals surface area contributed by atoms with Crippen LogP contribution in [0, 0.1) is 0 Å². The van der Waals surface area contributed by atoms with E-state index in [4.69, 9.17) is 4.74 Å². The Bertz CT molecular complexity index is 416. The standard InChI is InChI=1S/C14H17NO3/c16-13(15-12-9-10-18-14(12)17)8-4-7-11-5-2-1-3-6-11/h1-3,5-6,12H,4,7-10H2,(H,15,16). The van der Waals surface area contributed by atoms with Crippen molar-refractivity contribution in [3.05, 3.63) is 35.9 Å². The van der Waals surface area contributed by atoms with Crippen molar-refractivity contribution < 1.29 is 14.3 Å². The number of ether oxygens (including phenoxy) is 1. The summed E-state index contributed by atoms with van der Waals surface area (Å²) in [5.74, 6) is -0.388. The minimum atomic E-state index is -0.436. The number of amides is 1. The molecule has 1 atom stereocenters. The van der Waals surface area contributed by atoms with E-state index in [1.54, 1.807) is 0 Å². The summed E-state index contributed by atoms with van der Waals surface area (Å²) in [6.45, 7) is 0.411. The molecule has 1 amide bonds. The second kappa shape index (κ2) is 6.19. The van der Waals surface area contributed by atoms with Crippen molar-refractivity contribution in [2.45, 2.75) is 31.7 Å². The van der Waals surface area contributed by atoms with Crippen LogP contribution in [0.4, 0.5) is 0 Å². The minimum Gasteiger partial charge on any atom is -0.464 e. The molecular weight excluding hydrogens is 230 g/mol. The molecule has 0 bridgehead atoms. The Labute approximate surface area is 106 Å². The lowest BCUT2D eigenvalue weighted by Crippen LogP contribution is -2.37. The molecule has 1 aromatic carbocycles. The summed E-state index contributed by atoms with van der Waals surface area (Å²) in [6, 6.07) is 9.61. The largest absolute Gasteiger partial charge is 0.464 e. The molecule has 96 valence electrons. The van der Waals surface area contributed by atoms with Gasteiger partial charge in [-0.15, -0.1) is 0 Å². The lowest BCUT2D eigenvalue weighted by Gasteiger charge is -2.08. The van der Waals surface area contributed by atoms with Gasteiger partial charge in [0.25, 0.3) is 0 Å². The van der Waals surface area contributed by atoms with Gasteiger partial charge in [-0.05, 0) is 18.4 Å². The molecule has 1 unspecified atom stereocenters. The smallest absolute Gasteiger partial charge is 0.328 e. The number of carbonyl (C=O) groups is 2. The van der Waals surface area contributed by atoms with E-state index in [1.165, 1.54) is 5.56 Å². The summed E-state index contributed by atoms with van der Waals surface area (Å²) in [5, 5.41) is 2.70. The Morgan fingerprint density at radius 3 is 2.78 bits per heavy atom. The summed E-state index contributed by atoms with van der Waals surface area (Å²) in [6.07, 6.45) is 2.70. The normalized spacial score (nSPS) is 18.4. The van der Waals surface area contributed by atoms with Crippen LogP contribution in [0.15, 0.2) is 30.3 Å². The van der Waals surface area contributed by atoms with E-state index in [2.05, 4.69) is 5.32 Å². The highest BCUT2D eigenvalue weighted by molar-refractivity contribution is 5.85. The van der Waals surface area contributed by atoms with Gasteiger partial charge >= 0.3 is 5.97 Å². The third-order valence-electron chi connectivity index (χ3n) is 2.98. The van der Waals surface area contributed by atoms with Crippen LogP contribution in [-0.4, -0.2) is 24.5 Å². The Hall–Kier alpha value is -1.84. The number of cyclic esters (lactones) is 1. The minimum absolute atomic E-state index is 0.0743. The molecule has 1 N–H and O–H groups in total. The molecule has 0 spiro atoms. The Kier molecular flexibility index (Phi) is 4.34. The van der Waals surface area contributed by atoms with E-state index < -0.39 is 6.04 Å². The van der Waals surface area contributed by atoms with Gasteiger partial charge in [0.2, 0.25) is 5.91 Å². The van der Waals surface area contributed by atoms with E-state index in [0.29, 0.717) is 19.4 Å². The van der Waals surface area contributed by atoms with E-state index in [0.717, 1.165) is 12.8 Å². The van der Waals surface area contributed by atoms with E-state index in [9.17, 15) is 9.59 Å². The molecule has 18 heavy (non-hydrogen) atoms. The van der Waals surface area contributed by atoms with Gasteiger partial charge in [0.05, 0.1) is 6.61 Å². The van der Waals surface area contributed by atoms with Crippen molar-refractivity contribution in [1.29, 1.82) is 0 Å². The lowest BCUT2D eigenvalue weighted by molar-refractivity contribution is -0.141.